The quantitative estimate of drug-likeness (QED) is 0.241. The van der Waals surface area contributed by atoms with Gasteiger partial charge in [-0.2, -0.15) is 18.4 Å². The lowest BCUT2D eigenvalue weighted by Gasteiger charge is -2.54. The lowest BCUT2D eigenvalue weighted by Crippen LogP contribution is -2.60. The summed E-state index contributed by atoms with van der Waals surface area (Å²) < 4.78 is 67.1. The number of sulfonamides is 1. The molecule has 0 saturated carbocycles. The van der Waals surface area contributed by atoms with Crippen LogP contribution in [-0.2, 0) is 29.5 Å². The summed E-state index contributed by atoms with van der Waals surface area (Å²) in [5, 5.41) is 11.9. The van der Waals surface area contributed by atoms with E-state index in [1.165, 1.54) is 29.8 Å². The molecule has 3 fully saturated rings. The fourth-order valence-corrected chi connectivity index (χ4v) is 9.26. The van der Waals surface area contributed by atoms with Gasteiger partial charge in [-0.05, 0) is 93.7 Å². The molecule has 51 heavy (non-hydrogen) atoms. The molecule has 2 aromatic heterocycles. The Morgan fingerprint density at radius 3 is 2.45 bits per heavy atom. The molecular formula is C37H45F3N8O2S. The number of piperidine rings is 1. The molecular weight excluding hydrogens is 678 g/mol. The number of rotatable bonds is 8. The van der Waals surface area contributed by atoms with E-state index in [9.17, 15) is 26.9 Å². The van der Waals surface area contributed by atoms with E-state index in [1.54, 1.807) is 16.4 Å². The van der Waals surface area contributed by atoms with Gasteiger partial charge in [0.15, 0.2) is 0 Å². The van der Waals surface area contributed by atoms with Gasteiger partial charge < -0.3 is 9.47 Å². The Bertz CT molecular complexity index is 2080. The highest BCUT2D eigenvalue weighted by molar-refractivity contribution is 7.88. The highest BCUT2D eigenvalue weighted by Crippen LogP contribution is 2.44. The van der Waals surface area contributed by atoms with E-state index in [0.717, 1.165) is 69.4 Å². The van der Waals surface area contributed by atoms with Crippen LogP contribution in [0.15, 0.2) is 42.7 Å². The van der Waals surface area contributed by atoms with Crippen LogP contribution in [0.2, 0.25) is 0 Å². The molecule has 5 heterocycles. The summed E-state index contributed by atoms with van der Waals surface area (Å²) in [6.45, 7) is 11.8. The number of nitriles is 1. The molecule has 272 valence electrons. The number of benzene rings is 2. The molecule has 3 aliphatic heterocycles. The summed E-state index contributed by atoms with van der Waals surface area (Å²) in [5.74, 6) is 0.712. The topological polar surface area (TPSA) is 102 Å². The van der Waals surface area contributed by atoms with Crippen LogP contribution in [-0.4, -0.2) is 108 Å². The summed E-state index contributed by atoms with van der Waals surface area (Å²) >= 11 is 0. The van der Waals surface area contributed by atoms with E-state index in [0.29, 0.717) is 48.6 Å². The van der Waals surface area contributed by atoms with Crippen molar-refractivity contribution >= 4 is 37.6 Å². The maximum absolute atomic E-state index is 13.1. The van der Waals surface area contributed by atoms with Gasteiger partial charge in [0.2, 0.25) is 10.0 Å². The molecule has 0 bridgehead atoms. The third-order valence-corrected chi connectivity index (χ3v) is 12.7. The van der Waals surface area contributed by atoms with Crippen molar-refractivity contribution in [1.29, 1.82) is 5.26 Å². The molecule has 14 heteroatoms. The van der Waals surface area contributed by atoms with E-state index in [1.807, 2.05) is 6.07 Å². The van der Waals surface area contributed by atoms with Crippen molar-refractivity contribution in [3.63, 3.8) is 0 Å². The van der Waals surface area contributed by atoms with Crippen molar-refractivity contribution in [2.75, 3.05) is 63.5 Å². The fraction of sp³-hybridized carbons (Fsp3) is 0.541. The zero-order valence-electron chi connectivity index (χ0n) is 29.5. The minimum absolute atomic E-state index is 0.134. The largest absolute Gasteiger partial charge is 0.393 e. The Morgan fingerprint density at radius 1 is 0.980 bits per heavy atom. The Labute approximate surface area is 297 Å². The summed E-state index contributed by atoms with van der Waals surface area (Å²) in [4.78, 5) is 15.8. The minimum Gasteiger partial charge on any atom is -0.355 e. The average Bonchev–Trinajstić information content (AvgIpc) is 3.22. The fourth-order valence-electron chi connectivity index (χ4n) is 8.39. The Hall–Kier alpha value is -3.77. The second kappa shape index (κ2) is 13.7. The van der Waals surface area contributed by atoms with Crippen molar-refractivity contribution < 1.29 is 21.6 Å². The predicted molar refractivity (Wildman–Crippen MR) is 192 cm³/mol. The summed E-state index contributed by atoms with van der Waals surface area (Å²) in [6, 6.07) is 13.6. The maximum atomic E-state index is 13.1. The molecule has 7 rings (SSSR count). The van der Waals surface area contributed by atoms with Gasteiger partial charge in [0, 0.05) is 73.6 Å². The van der Waals surface area contributed by atoms with Gasteiger partial charge >= 0.3 is 6.18 Å². The molecule has 3 saturated heterocycles. The molecule has 3 aliphatic rings. The zero-order valence-corrected chi connectivity index (χ0v) is 30.3. The number of hydrogen-bond acceptors (Lipinski definition) is 8. The van der Waals surface area contributed by atoms with Crippen LogP contribution < -0.4 is 4.90 Å². The zero-order chi connectivity index (χ0) is 36.1. The van der Waals surface area contributed by atoms with Crippen LogP contribution in [0, 0.1) is 23.7 Å². The second-order valence-electron chi connectivity index (χ2n) is 14.9. The maximum Gasteiger partial charge on any atom is 0.393 e. The number of aromatic nitrogens is 3. The molecule has 0 N–H and O–H groups in total. The number of halogens is 3. The molecule has 10 nitrogen and oxygen atoms in total. The molecule has 1 spiro atoms. The normalized spacial score (nSPS) is 20.1. The monoisotopic (exact) mass is 722 g/mol. The van der Waals surface area contributed by atoms with Crippen LogP contribution >= 0.6 is 0 Å². The SMILES string of the molecule is Cc1c(CN2CCC3(CC2)CN(c2ncnc4ccc(CC(F)(F)F)cc24)C3)ccc2c1cc(C#N)n2CC(C)N1CCCN(S(C)(=O)=O)CC1. The first-order valence-corrected chi connectivity index (χ1v) is 19.6. The van der Waals surface area contributed by atoms with Gasteiger partial charge in [0.25, 0.3) is 0 Å². The van der Waals surface area contributed by atoms with Gasteiger partial charge in [0.05, 0.1) is 18.2 Å². The van der Waals surface area contributed by atoms with Crippen LogP contribution in [0.3, 0.4) is 0 Å². The number of aryl methyl sites for hydroxylation is 1. The number of fused-ring (bicyclic) bond motifs is 2. The van der Waals surface area contributed by atoms with Gasteiger partial charge in [-0.25, -0.2) is 22.7 Å². The standard InChI is InChI=1S/C37H45F3N8O2S/c1-26(45-11-4-12-47(16-15-45)51(3,49)50)21-48-30(20-41)18-31-27(2)29(6-8-34(31)48)22-44-13-9-36(10-14-44)23-46(24-36)35-32-17-28(19-37(38,39)40)5-7-33(32)42-25-43-35/h5-8,17-18,25-26H,4,9-16,19,21-24H2,1-3H3. The Morgan fingerprint density at radius 2 is 1.75 bits per heavy atom. The number of anilines is 1. The van der Waals surface area contributed by atoms with Crippen molar-refractivity contribution in [1.82, 2.24) is 28.6 Å². The number of alkyl halides is 3. The smallest absolute Gasteiger partial charge is 0.355 e. The lowest BCUT2D eigenvalue weighted by molar-refractivity contribution is -0.127. The molecule has 1 unspecified atom stereocenters. The van der Waals surface area contributed by atoms with Crippen molar-refractivity contribution in [2.24, 2.45) is 5.41 Å². The number of hydrogen-bond donors (Lipinski definition) is 0. The van der Waals surface area contributed by atoms with E-state index in [-0.39, 0.29) is 17.0 Å². The van der Waals surface area contributed by atoms with Crippen LogP contribution in [0.25, 0.3) is 21.8 Å². The molecule has 1 atom stereocenters. The third kappa shape index (κ3) is 7.44. The lowest BCUT2D eigenvalue weighted by atomic mass is 9.72. The van der Waals surface area contributed by atoms with Gasteiger partial charge in [-0.3, -0.25) is 9.80 Å². The molecule has 0 amide bonds. The van der Waals surface area contributed by atoms with E-state index in [2.05, 4.69) is 61.3 Å². The van der Waals surface area contributed by atoms with Crippen LogP contribution in [0.4, 0.5) is 19.0 Å². The molecule has 0 radical (unpaired) electrons. The second-order valence-corrected chi connectivity index (χ2v) is 16.9. The third-order valence-electron chi connectivity index (χ3n) is 11.4. The summed E-state index contributed by atoms with van der Waals surface area (Å²) in [6.07, 6.45) is 0.384. The van der Waals surface area contributed by atoms with Crippen molar-refractivity contribution in [3.8, 4) is 6.07 Å². The van der Waals surface area contributed by atoms with Crippen molar-refractivity contribution in [3.05, 3.63) is 65.1 Å². The Balaban J connectivity index is 0.985. The van der Waals surface area contributed by atoms with Crippen LogP contribution in [0.5, 0.6) is 0 Å². The van der Waals surface area contributed by atoms with E-state index >= 15 is 0 Å². The number of nitrogens with zero attached hydrogens (tertiary/aromatic N) is 8. The molecule has 4 aromatic rings. The first-order chi connectivity index (χ1) is 24.2. The molecule has 0 aliphatic carbocycles. The Kier molecular flexibility index (Phi) is 9.54. The van der Waals surface area contributed by atoms with Gasteiger partial charge in [-0.15, -0.1) is 0 Å². The minimum atomic E-state index is -4.27. The first-order valence-electron chi connectivity index (χ1n) is 17.7. The molecule has 2 aromatic carbocycles. The predicted octanol–water partition coefficient (Wildman–Crippen LogP) is 5.33. The summed E-state index contributed by atoms with van der Waals surface area (Å²) in [7, 11) is -3.21. The van der Waals surface area contributed by atoms with Crippen molar-refractivity contribution in [2.45, 2.75) is 64.8 Å². The first kappa shape index (κ1) is 35.6. The summed E-state index contributed by atoms with van der Waals surface area (Å²) in [5.41, 5.74) is 5.15. The number of likely N-dealkylation sites (tertiary alicyclic amines) is 1. The highest BCUT2D eigenvalue weighted by atomic mass is 32.2. The average molecular weight is 723 g/mol. The van der Waals surface area contributed by atoms with E-state index < -0.39 is 22.6 Å². The van der Waals surface area contributed by atoms with Gasteiger partial charge in [0.1, 0.15) is 23.9 Å². The van der Waals surface area contributed by atoms with E-state index in [4.69, 9.17) is 0 Å². The highest BCUT2D eigenvalue weighted by Gasteiger charge is 2.45. The van der Waals surface area contributed by atoms with Gasteiger partial charge in [-0.1, -0.05) is 12.1 Å². The van der Waals surface area contributed by atoms with Crippen LogP contribution in [0.1, 0.15) is 48.6 Å².